The van der Waals surface area contributed by atoms with Crippen molar-refractivity contribution in [3.63, 3.8) is 0 Å². The molecule has 158 valence electrons. The van der Waals surface area contributed by atoms with Gasteiger partial charge in [0.1, 0.15) is 26.2 Å². The van der Waals surface area contributed by atoms with Crippen LogP contribution in [0.3, 0.4) is 0 Å². The van der Waals surface area contributed by atoms with Gasteiger partial charge in [0.05, 0.1) is 27.7 Å². The summed E-state index contributed by atoms with van der Waals surface area (Å²) in [6.45, 7) is 16.5. The summed E-state index contributed by atoms with van der Waals surface area (Å²) in [6, 6.07) is 0. The van der Waals surface area contributed by atoms with Gasteiger partial charge in [-0.15, -0.1) is 0 Å². The first-order valence-corrected chi connectivity index (χ1v) is 10.4. The Bertz CT molecular complexity index is 498. The predicted molar refractivity (Wildman–Crippen MR) is 117 cm³/mol. The van der Waals surface area contributed by atoms with E-state index in [2.05, 4.69) is 64.1 Å². The molecule has 1 fully saturated rings. The van der Waals surface area contributed by atoms with Crippen molar-refractivity contribution in [1.82, 2.24) is 5.32 Å². The lowest BCUT2D eigenvalue weighted by molar-refractivity contribution is -1.01. The molecule has 1 saturated heterocycles. The highest BCUT2D eigenvalue weighted by molar-refractivity contribution is 5.96. The largest absolute Gasteiger partial charge is 0.370 e. The van der Waals surface area contributed by atoms with Crippen LogP contribution in [-0.4, -0.2) is 87.8 Å². The van der Waals surface area contributed by atoms with Crippen LogP contribution in [0.15, 0.2) is 9.98 Å². The van der Waals surface area contributed by atoms with E-state index < -0.39 is 0 Å². The number of likely N-dealkylation sites (N-methyl/N-ethyl adjacent to an activating group) is 2. The summed E-state index contributed by atoms with van der Waals surface area (Å²) in [5.41, 5.74) is 11.8. The number of guanidine groups is 2. The molecule has 0 aromatic carbocycles. The molecule has 0 aliphatic carbocycles. The molecular weight excluding hydrogens is 338 g/mol. The Hall–Kier alpha value is -1.34. The zero-order chi connectivity index (χ0) is 20.7. The Morgan fingerprint density at radius 1 is 0.926 bits per heavy atom. The fourth-order valence-electron chi connectivity index (χ4n) is 3.47. The Labute approximate surface area is 167 Å². The van der Waals surface area contributed by atoms with E-state index in [9.17, 15) is 0 Å². The summed E-state index contributed by atoms with van der Waals surface area (Å²) in [6.07, 6.45) is 1.05. The third-order valence-corrected chi connectivity index (χ3v) is 5.77. The van der Waals surface area contributed by atoms with E-state index in [1.807, 2.05) is 0 Å². The van der Waals surface area contributed by atoms with Gasteiger partial charge in [-0.3, -0.25) is 15.3 Å². The van der Waals surface area contributed by atoms with Crippen molar-refractivity contribution in [2.45, 2.75) is 34.1 Å². The van der Waals surface area contributed by atoms with Crippen molar-refractivity contribution in [3.05, 3.63) is 0 Å². The summed E-state index contributed by atoms with van der Waals surface area (Å²) in [5, 5.41) is 2.89. The van der Waals surface area contributed by atoms with Gasteiger partial charge >= 0.3 is 0 Å². The van der Waals surface area contributed by atoms with Crippen molar-refractivity contribution >= 4 is 11.9 Å². The highest BCUT2D eigenvalue weighted by atomic mass is 15.4. The first-order valence-electron chi connectivity index (χ1n) is 10.4. The number of quaternary nitrogens is 2. The van der Waals surface area contributed by atoms with E-state index in [4.69, 9.17) is 11.5 Å². The van der Waals surface area contributed by atoms with Gasteiger partial charge in [-0.2, -0.15) is 0 Å². The van der Waals surface area contributed by atoms with Gasteiger partial charge in [-0.05, 0) is 18.3 Å². The number of nitrogens with one attached hydrogen (secondary N) is 1. The molecule has 0 spiro atoms. The molecule has 0 aromatic heterocycles. The molecule has 0 amide bonds. The maximum atomic E-state index is 5.96. The summed E-state index contributed by atoms with van der Waals surface area (Å²) < 4.78 is 2.32. The second kappa shape index (κ2) is 10.3. The summed E-state index contributed by atoms with van der Waals surface area (Å²) in [7, 11) is 7.09. The molecule has 27 heavy (non-hydrogen) atoms. The van der Waals surface area contributed by atoms with E-state index in [1.54, 1.807) is 0 Å². The van der Waals surface area contributed by atoms with Crippen LogP contribution in [0.5, 0.6) is 0 Å². The van der Waals surface area contributed by atoms with Gasteiger partial charge in [0.2, 0.25) is 0 Å². The van der Waals surface area contributed by atoms with E-state index in [0.29, 0.717) is 36.2 Å². The van der Waals surface area contributed by atoms with E-state index >= 15 is 0 Å². The van der Waals surface area contributed by atoms with Crippen molar-refractivity contribution in [1.29, 1.82) is 0 Å². The molecule has 0 saturated carbocycles. The Balaban J connectivity index is 2.52. The SMILES string of the molecule is CC(C)CN=C(N)NC(N)=NCCC(C[N+]1(C)CC[N+](C)(C)CC1)C(C)C. The van der Waals surface area contributed by atoms with Gasteiger partial charge in [-0.1, -0.05) is 27.7 Å². The lowest BCUT2D eigenvalue weighted by Crippen LogP contribution is -2.63. The standard InChI is InChI=1S/C20H45N7/c1-16(2)14-24-20(22)25-19(21)23-9-8-18(17(3)4)15-27(7)12-10-26(5,6)11-13-27/h16-18H,8-15H2,1-7H3,(H5,21,22,23,24,25)/q+2. The van der Waals surface area contributed by atoms with Crippen LogP contribution >= 0.6 is 0 Å². The van der Waals surface area contributed by atoms with E-state index in [-0.39, 0.29) is 0 Å². The minimum absolute atomic E-state index is 0.345. The number of rotatable bonds is 8. The molecular formula is C20H45N7+2. The van der Waals surface area contributed by atoms with Crippen LogP contribution in [-0.2, 0) is 0 Å². The van der Waals surface area contributed by atoms with Crippen molar-refractivity contribution in [2.24, 2.45) is 39.2 Å². The normalized spacial score (nSPS) is 21.5. The molecule has 1 aliphatic rings. The molecule has 0 radical (unpaired) electrons. The zero-order valence-electron chi connectivity index (χ0n) is 18.8. The third kappa shape index (κ3) is 9.42. The number of nitrogens with two attached hydrogens (primary N) is 2. The van der Waals surface area contributed by atoms with E-state index in [0.717, 1.165) is 17.4 Å². The second-order valence-electron chi connectivity index (χ2n) is 9.94. The third-order valence-electron chi connectivity index (χ3n) is 5.77. The quantitative estimate of drug-likeness (QED) is 0.333. The maximum Gasteiger partial charge on any atom is 0.195 e. The average Bonchev–Trinajstić information content (AvgIpc) is 2.55. The second-order valence-corrected chi connectivity index (χ2v) is 9.94. The van der Waals surface area contributed by atoms with Crippen LogP contribution in [0.1, 0.15) is 34.1 Å². The molecule has 1 atom stereocenters. The molecule has 1 aliphatic heterocycles. The van der Waals surface area contributed by atoms with Crippen LogP contribution in [0.2, 0.25) is 0 Å². The highest BCUT2D eigenvalue weighted by Gasteiger charge is 2.36. The Morgan fingerprint density at radius 2 is 1.48 bits per heavy atom. The minimum atomic E-state index is 0.345. The lowest BCUT2D eigenvalue weighted by atomic mass is 9.91. The van der Waals surface area contributed by atoms with Crippen LogP contribution < -0.4 is 16.8 Å². The Kier molecular flexibility index (Phi) is 9.02. The lowest BCUT2D eigenvalue weighted by Gasteiger charge is -2.46. The van der Waals surface area contributed by atoms with Crippen molar-refractivity contribution < 1.29 is 8.97 Å². The van der Waals surface area contributed by atoms with E-state index in [1.165, 1.54) is 37.2 Å². The minimum Gasteiger partial charge on any atom is -0.370 e. The Morgan fingerprint density at radius 3 is 2.00 bits per heavy atom. The summed E-state index contributed by atoms with van der Waals surface area (Å²) >= 11 is 0. The predicted octanol–water partition coefficient (Wildman–Crippen LogP) is 1.06. The molecule has 1 unspecified atom stereocenters. The number of hydrogen-bond donors (Lipinski definition) is 3. The fraction of sp³-hybridized carbons (Fsp3) is 0.900. The number of nitrogens with zero attached hydrogens (tertiary/aromatic N) is 4. The maximum absolute atomic E-state index is 5.96. The number of piperazine rings is 1. The average molecular weight is 384 g/mol. The topological polar surface area (TPSA) is 88.8 Å². The van der Waals surface area contributed by atoms with Gasteiger partial charge < -0.3 is 20.4 Å². The first-order chi connectivity index (χ1) is 12.4. The fourth-order valence-corrected chi connectivity index (χ4v) is 3.47. The first kappa shape index (κ1) is 23.7. The molecule has 1 heterocycles. The van der Waals surface area contributed by atoms with Crippen LogP contribution in [0, 0.1) is 17.8 Å². The summed E-state index contributed by atoms with van der Waals surface area (Å²) in [5.74, 6) is 2.47. The number of hydrogen-bond acceptors (Lipinski definition) is 2. The molecule has 7 nitrogen and oxygen atoms in total. The van der Waals surface area contributed by atoms with Crippen LogP contribution in [0.25, 0.3) is 0 Å². The summed E-state index contributed by atoms with van der Waals surface area (Å²) in [4.78, 5) is 8.72. The zero-order valence-corrected chi connectivity index (χ0v) is 18.8. The smallest absolute Gasteiger partial charge is 0.195 e. The molecule has 7 heteroatoms. The van der Waals surface area contributed by atoms with Gasteiger partial charge in [0.25, 0.3) is 0 Å². The van der Waals surface area contributed by atoms with Gasteiger partial charge in [0.15, 0.2) is 11.9 Å². The molecule has 1 rings (SSSR count). The molecule has 5 N–H and O–H groups in total. The highest BCUT2D eigenvalue weighted by Crippen LogP contribution is 2.23. The number of aliphatic imine (C=N–C) groups is 2. The van der Waals surface area contributed by atoms with Gasteiger partial charge in [0, 0.05) is 19.0 Å². The van der Waals surface area contributed by atoms with Crippen molar-refractivity contribution in [2.75, 3.05) is 67.0 Å². The van der Waals surface area contributed by atoms with Crippen LogP contribution in [0.4, 0.5) is 0 Å². The van der Waals surface area contributed by atoms with Gasteiger partial charge in [-0.25, -0.2) is 0 Å². The molecule has 0 aromatic rings. The molecule has 0 bridgehead atoms. The monoisotopic (exact) mass is 383 g/mol. The van der Waals surface area contributed by atoms with Crippen molar-refractivity contribution in [3.8, 4) is 0 Å².